The lowest BCUT2D eigenvalue weighted by atomic mass is 9.96. The van der Waals surface area contributed by atoms with Gasteiger partial charge in [0, 0.05) is 18.3 Å². The van der Waals surface area contributed by atoms with Crippen LogP contribution in [-0.4, -0.2) is 29.1 Å². The number of hydrogen-bond acceptors (Lipinski definition) is 5. The molecule has 0 spiro atoms. The zero-order chi connectivity index (χ0) is 13.8. The molecule has 0 aromatic carbocycles. The zero-order valence-corrected chi connectivity index (χ0v) is 10.8. The summed E-state index contributed by atoms with van der Waals surface area (Å²) in [4.78, 5) is 27.6. The molecule has 1 heterocycles. The molecule has 1 aliphatic carbocycles. The van der Waals surface area contributed by atoms with Gasteiger partial charge in [-0.25, -0.2) is 0 Å². The van der Waals surface area contributed by atoms with Crippen LogP contribution in [0.4, 0.5) is 0 Å². The average molecular weight is 259 g/mol. The van der Waals surface area contributed by atoms with Crippen molar-refractivity contribution >= 4 is 17.3 Å². The minimum Gasteiger partial charge on any atom is -0.381 e. The van der Waals surface area contributed by atoms with Crippen LogP contribution in [-0.2, 0) is 4.79 Å². The van der Waals surface area contributed by atoms with Crippen LogP contribution in [0.1, 0.15) is 35.8 Å². The maximum atomic E-state index is 11.7. The van der Waals surface area contributed by atoms with Crippen molar-refractivity contribution in [3.05, 3.63) is 35.7 Å². The van der Waals surface area contributed by atoms with E-state index >= 15 is 0 Å². The monoisotopic (exact) mass is 259 g/mol. The summed E-state index contributed by atoms with van der Waals surface area (Å²) in [5.74, 6) is -1.00. The molecular weight excluding hydrogens is 242 g/mol. The molecule has 100 valence electrons. The molecule has 0 fully saturated rings. The summed E-state index contributed by atoms with van der Waals surface area (Å²) in [7, 11) is 0. The molecule has 0 aliphatic heterocycles. The van der Waals surface area contributed by atoms with Crippen LogP contribution in [0, 0.1) is 0 Å². The van der Waals surface area contributed by atoms with E-state index in [0.717, 1.165) is 12.8 Å². The van der Waals surface area contributed by atoms with Crippen molar-refractivity contribution < 1.29 is 9.59 Å². The second kappa shape index (κ2) is 5.75. The highest BCUT2D eigenvalue weighted by Gasteiger charge is 2.26. The average Bonchev–Trinajstić information content (AvgIpc) is 2.42. The number of carbonyl (C=O) groups excluding carboxylic acids is 2. The highest BCUT2D eigenvalue weighted by atomic mass is 16.2. The first-order valence-electron chi connectivity index (χ1n) is 6.36. The highest BCUT2D eigenvalue weighted by molar-refractivity contribution is 6.50. The van der Waals surface area contributed by atoms with Gasteiger partial charge in [0.25, 0.3) is 0 Å². The Bertz CT molecular complexity index is 537. The fourth-order valence-corrected chi connectivity index (χ4v) is 2.07. The molecule has 0 saturated heterocycles. The summed E-state index contributed by atoms with van der Waals surface area (Å²) in [6.45, 7) is 2.65. The number of nitrogens with one attached hydrogen (secondary N) is 1. The molecular formula is C14H17N3O2. The number of hydrogen-bond donors (Lipinski definition) is 2. The molecule has 1 unspecified atom stereocenters. The molecule has 5 heteroatoms. The van der Waals surface area contributed by atoms with Crippen LogP contribution in [0.3, 0.4) is 0 Å². The SMILES string of the molecule is CC(CCCN)NC1=CC(=O)C(=O)c2cccnc21. The van der Waals surface area contributed by atoms with Gasteiger partial charge in [-0.05, 0) is 38.4 Å². The van der Waals surface area contributed by atoms with Crippen LogP contribution < -0.4 is 11.1 Å². The smallest absolute Gasteiger partial charge is 0.235 e. The summed E-state index contributed by atoms with van der Waals surface area (Å²) in [6.07, 6.45) is 4.75. The third-order valence-electron chi connectivity index (χ3n) is 3.05. The lowest BCUT2D eigenvalue weighted by molar-refractivity contribution is -0.111. The molecule has 1 aromatic heterocycles. The van der Waals surface area contributed by atoms with Gasteiger partial charge in [-0.1, -0.05) is 0 Å². The quantitative estimate of drug-likeness (QED) is 0.767. The van der Waals surface area contributed by atoms with E-state index in [2.05, 4.69) is 10.3 Å². The third kappa shape index (κ3) is 2.88. The van der Waals surface area contributed by atoms with E-state index in [1.807, 2.05) is 6.92 Å². The maximum Gasteiger partial charge on any atom is 0.235 e. The van der Waals surface area contributed by atoms with Crippen LogP contribution in [0.15, 0.2) is 24.4 Å². The van der Waals surface area contributed by atoms with Gasteiger partial charge in [0.2, 0.25) is 11.6 Å². The molecule has 0 saturated carbocycles. The first-order valence-corrected chi connectivity index (χ1v) is 6.36. The van der Waals surface area contributed by atoms with Crippen molar-refractivity contribution in [1.29, 1.82) is 0 Å². The molecule has 5 nitrogen and oxygen atoms in total. The number of pyridine rings is 1. The first-order chi connectivity index (χ1) is 9.13. The van der Waals surface area contributed by atoms with Crippen LogP contribution >= 0.6 is 0 Å². The van der Waals surface area contributed by atoms with Crippen molar-refractivity contribution in [1.82, 2.24) is 10.3 Å². The molecule has 0 amide bonds. The van der Waals surface area contributed by atoms with Gasteiger partial charge in [0.05, 0.1) is 17.0 Å². The zero-order valence-electron chi connectivity index (χ0n) is 10.8. The van der Waals surface area contributed by atoms with Gasteiger partial charge < -0.3 is 11.1 Å². The van der Waals surface area contributed by atoms with E-state index in [-0.39, 0.29) is 6.04 Å². The Hall–Kier alpha value is -2.01. The topological polar surface area (TPSA) is 85.1 Å². The Kier molecular flexibility index (Phi) is 4.06. The van der Waals surface area contributed by atoms with Gasteiger partial charge in [0.1, 0.15) is 0 Å². The Morgan fingerprint density at radius 2 is 2.21 bits per heavy atom. The van der Waals surface area contributed by atoms with E-state index in [1.165, 1.54) is 6.08 Å². The minimum absolute atomic E-state index is 0.172. The number of nitrogens with two attached hydrogens (primary N) is 1. The second-order valence-electron chi connectivity index (χ2n) is 4.63. The number of ketones is 2. The number of aromatic nitrogens is 1. The van der Waals surface area contributed by atoms with Crippen LogP contribution in [0.5, 0.6) is 0 Å². The standard InChI is InChI=1S/C14H17N3O2/c1-9(4-2-6-15)17-11-8-12(18)14(19)10-5-3-7-16-13(10)11/h3,5,7-9,17H,2,4,6,15H2,1H3. The normalized spacial score (nSPS) is 15.8. The predicted octanol–water partition coefficient (Wildman–Crippen LogP) is 0.905. The molecule has 1 aliphatic rings. The van der Waals surface area contributed by atoms with Crippen LogP contribution in [0.2, 0.25) is 0 Å². The van der Waals surface area contributed by atoms with E-state index in [4.69, 9.17) is 5.73 Å². The number of carbonyl (C=O) groups is 2. The van der Waals surface area contributed by atoms with Gasteiger partial charge >= 0.3 is 0 Å². The number of allylic oxidation sites excluding steroid dienone is 1. The Morgan fingerprint density at radius 1 is 1.42 bits per heavy atom. The number of nitrogens with zero attached hydrogens (tertiary/aromatic N) is 1. The molecule has 2 rings (SSSR count). The van der Waals surface area contributed by atoms with Gasteiger partial charge in [0.15, 0.2) is 0 Å². The largest absolute Gasteiger partial charge is 0.381 e. The molecule has 1 atom stereocenters. The summed E-state index contributed by atoms with van der Waals surface area (Å²) in [6, 6.07) is 3.46. The van der Waals surface area contributed by atoms with Crippen molar-refractivity contribution in [2.45, 2.75) is 25.8 Å². The Labute approximate surface area is 111 Å². The third-order valence-corrected chi connectivity index (χ3v) is 3.05. The van der Waals surface area contributed by atoms with E-state index < -0.39 is 11.6 Å². The summed E-state index contributed by atoms with van der Waals surface area (Å²) in [5, 5.41) is 3.23. The van der Waals surface area contributed by atoms with Gasteiger partial charge in [-0.3, -0.25) is 14.6 Å². The second-order valence-corrected chi connectivity index (χ2v) is 4.63. The fourth-order valence-electron chi connectivity index (χ4n) is 2.07. The molecule has 0 bridgehead atoms. The van der Waals surface area contributed by atoms with E-state index in [9.17, 15) is 9.59 Å². The van der Waals surface area contributed by atoms with E-state index in [0.29, 0.717) is 23.5 Å². The lowest BCUT2D eigenvalue weighted by Crippen LogP contribution is -2.30. The van der Waals surface area contributed by atoms with Crippen LogP contribution in [0.25, 0.3) is 5.70 Å². The predicted molar refractivity (Wildman–Crippen MR) is 72.4 cm³/mol. The van der Waals surface area contributed by atoms with Crippen molar-refractivity contribution in [3.8, 4) is 0 Å². The summed E-state index contributed by atoms with van der Waals surface area (Å²) >= 11 is 0. The summed E-state index contributed by atoms with van der Waals surface area (Å²) < 4.78 is 0. The minimum atomic E-state index is -0.506. The molecule has 0 radical (unpaired) electrons. The number of fused-ring (bicyclic) bond motifs is 1. The Morgan fingerprint density at radius 3 is 2.95 bits per heavy atom. The maximum absolute atomic E-state index is 11.7. The molecule has 3 N–H and O–H groups in total. The molecule has 19 heavy (non-hydrogen) atoms. The lowest BCUT2D eigenvalue weighted by Gasteiger charge is -2.20. The fraction of sp³-hybridized carbons (Fsp3) is 0.357. The highest BCUT2D eigenvalue weighted by Crippen LogP contribution is 2.21. The first kappa shape index (κ1) is 13.4. The van der Waals surface area contributed by atoms with Crippen molar-refractivity contribution in [2.75, 3.05) is 6.54 Å². The van der Waals surface area contributed by atoms with Gasteiger partial charge in [-0.2, -0.15) is 0 Å². The number of Topliss-reactive ketones (excluding diaryl/α,β-unsaturated/α-hetero) is 1. The van der Waals surface area contributed by atoms with Crippen molar-refractivity contribution in [2.24, 2.45) is 5.73 Å². The van der Waals surface area contributed by atoms with Gasteiger partial charge in [-0.15, -0.1) is 0 Å². The summed E-state index contributed by atoms with van der Waals surface area (Å²) in [5.41, 5.74) is 7.00. The number of rotatable bonds is 5. The van der Waals surface area contributed by atoms with Crippen molar-refractivity contribution in [3.63, 3.8) is 0 Å². The Balaban J connectivity index is 2.23. The van der Waals surface area contributed by atoms with E-state index in [1.54, 1.807) is 18.3 Å². The molecule has 1 aromatic rings.